The molecule has 0 aliphatic heterocycles. The molecule has 0 saturated heterocycles. The van der Waals surface area contributed by atoms with E-state index >= 15 is 0 Å². The summed E-state index contributed by atoms with van der Waals surface area (Å²) in [5, 5.41) is 5.89. The number of carbonyl (C=O) groups is 1. The molecule has 1 rings (SSSR count). The Balaban J connectivity index is 2.18. The van der Waals surface area contributed by atoms with Crippen LogP contribution in [0.3, 0.4) is 0 Å². The van der Waals surface area contributed by atoms with Crippen LogP contribution in [0.15, 0.2) is 18.2 Å². The number of hydrogen-bond acceptors (Lipinski definition) is 3. The van der Waals surface area contributed by atoms with Crippen LogP contribution < -0.4 is 10.6 Å². The number of amides is 1. The largest absolute Gasteiger partial charge is 0.326 e. The van der Waals surface area contributed by atoms with Gasteiger partial charge in [0.2, 0.25) is 5.91 Å². The molecule has 0 fully saturated rings. The molecule has 0 unspecified atom stereocenters. The van der Waals surface area contributed by atoms with E-state index in [9.17, 15) is 9.18 Å². The number of nitrogens with one attached hydrogen (secondary N) is 2. The van der Waals surface area contributed by atoms with Crippen molar-refractivity contribution in [1.82, 2.24) is 10.2 Å². The van der Waals surface area contributed by atoms with Crippen molar-refractivity contribution < 1.29 is 9.18 Å². The predicted octanol–water partition coefficient (Wildman–Crippen LogP) is 2.35. The lowest BCUT2D eigenvalue weighted by Crippen LogP contribution is -2.25. The van der Waals surface area contributed by atoms with Crippen LogP contribution in [0.4, 0.5) is 10.1 Å². The van der Waals surface area contributed by atoms with Crippen molar-refractivity contribution in [2.45, 2.75) is 12.8 Å². The van der Waals surface area contributed by atoms with Gasteiger partial charge in [-0.2, -0.15) is 0 Å². The first-order chi connectivity index (χ1) is 9.49. The first kappa shape index (κ1) is 16.9. The van der Waals surface area contributed by atoms with Gasteiger partial charge in [0, 0.05) is 18.7 Å². The van der Waals surface area contributed by atoms with Crippen LogP contribution in [-0.4, -0.2) is 44.5 Å². The van der Waals surface area contributed by atoms with Gasteiger partial charge in [0.25, 0.3) is 0 Å². The molecule has 0 bridgehead atoms. The molecule has 0 atom stereocenters. The van der Waals surface area contributed by atoms with Gasteiger partial charge in [-0.05, 0) is 51.8 Å². The number of benzene rings is 1. The molecule has 0 saturated carbocycles. The topological polar surface area (TPSA) is 44.4 Å². The Kier molecular flexibility index (Phi) is 7.51. The van der Waals surface area contributed by atoms with Gasteiger partial charge in [0.05, 0.1) is 5.02 Å². The number of anilines is 1. The van der Waals surface area contributed by atoms with Crippen LogP contribution in [0.25, 0.3) is 0 Å². The molecule has 0 aliphatic rings. The Labute approximate surface area is 124 Å². The molecule has 0 heterocycles. The summed E-state index contributed by atoms with van der Waals surface area (Å²) in [6.45, 7) is 2.52. The minimum Gasteiger partial charge on any atom is -0.326 e. The van der Waals surface area contributed by atoms with Gasteiger partial charge < -0.3 is 15.5 Å². The second-order valence-electron chi connectivity index (χ2n) is 4.83. The van der Waals surface area contributed by atoms with Crippen molar-refractivity contribution in [2.75, 3.05) is 39.0 Å². The molecule has 0 aliphatic carbocycles. The quantitative estimate of drug-likeness (QED) is 0.725. The average molecular weight is 302 g/mol. The number of hydrogen-bond donors (Lipinski definition) is 2. The fourth-order valence-electron chi connectivity index (χ4n) is 1.64. The van der Waals surface area contributed by atoms with Gasteiger partial charge in [-0.1, -0.05) is 11.6 Å². The molecule has 6 heteroatoms. The maximum Gasteiger partial charge on any atom is 0.225 e. The highest BCUT2D eigenvalue weighted by Gasteiger charge is 2.05. The maximum absolute atomic E-state index is 13.0. The number of carbonyl (C=O) groups excluding carboxylic acids is 1. The molecular formula is C14H21ClFN3O. The van der Waals surface area contributed by atoms with E-state index in [0.29, 0.717) is 18.7 Å². The Morgan fingerprint density at radius 3 is 2.75 bits per heavy atom. The monoisotopic (exact) mass is 301 g/mol. The summed E-state index contributed by atoms with van der Waals surface area (Å²) in [5.41, 5.74) is 0.508. The highest BCUT2D eigenvalue weighted by atomic mass is 35.5. The molecule has 2 N–H and O–H groups in total. The van der Waals surface area contributed by atoms with Crippen LogP contribution in [0.2, 0.25) is 5.02 Å². The molecule has 1 aromatic carbocycles. The molecule has 1 aromatic rings. The standard InChI is InChI=1S/C14H21ClFN3O/c1-19(2)9-3-7-17-8-6-14(20)18-11-4-5-13(16)12(15)10-11/h4-5,10,17H,3,6-9H2,1-2H3,(H,18,20). The molecular weight excluding hydrogens is 281 g/mol. The van der Waals surface area contributed by atoms with Crippen molar-refractivity contribution in [3.63, 3.8) is 0 Å². The number of rotatable bonds is 8. The second-order valence-corrected chi connectivity index (χ2v) is 5.24. The van der Waals surface area contributed by atoms with E-state index in [1.165, 1.54) is 18.2 Å². The minimum atomic E-state index is -0.493. The van der Waals surface area contributed by atoms with Gasteiger partial charge in [0.1, 0.15) is 5.82 Å². The molecule has 4 nitrogen and oxygen atoms in total. The highest BCUT2D eigenvalue weighted by molar-refractivity contribution is 6.31. The third-order valence-electron chi connectivity index (χ3n) is 2.69. The third kappa shape index (κ3) is 6.84. The lowest BCUT2D eigenvalue weighted by atomic mass is 10.3. The zero-order chi connectivity index (χ0) is 15.0. The van der Waals surface area contributed by atoms with Crippen LogP contribution in [-0.2, 0) is 4.79 Å². The van der Waals surface area contributed by atoms with E-state index < -0.39 is 5.82 Å². The Hall–Kier alpha value is -1.17. The summed E-state index contributed by atoms with van der Waals surface area (Å²) in [4.78, 5) is 13.8. The van der Waals surface area contributed by atoms with Crippen molar-refractivity contribution in [1.29, 1.82) is 0 Å². The third-order valence-corrected chi connectivity index (χ3v) is 2.98. The Morgan fingerprint density at radius 2 is 2.10 bits per heavy atom. The van der Waals surface area contributed by atoms with Crippen molar-refractivity contribution in [3.05, 3.63) is 29.0 Å². The zero-order valence-electron chi connectivity index (χ0n) is 11.9. The van der Waals surface area contributed by atoms with Gasteiger partial charge in [0.15, 0.2) is 0 Å². The Bertz CT molecular complexity index is 440. The van der Waals surface area contributed by atoms with Crippen LogP contribution in [0.1, 0.15) is 12.8 Å². The second kappa shape index (κ2) is 8.89. The summed E-state index contributed by atoms with van der Waals surface area (Å²) < 4.78 is 13.0. The molecule has 112 valence electrons. The van der Waals surface area contributed by atoms with E-state index in [1.807, 2.05) is 14.1 Å². The minimum absolute atomic E-state index is 0.00427. The van der Waals surface area contributed by atoms with Crippen LogP contribution in [0.5, 0.6) is 0 Å². The van der Waals surface area contributed by atoms with E-state index in [1.54, 1.807) is 0 Å². The average Bonchev–Trinajstić information content (AvgIpc) is 2.38. The molecule has 0 radical (unpaired) electrons. The van der Waals surface area contributed by atoms with Crippen molar-refractivity contribution in [2.24, 2.45) is 0 Å². The number of halogens is 2. The van der Waals surface area contributed by atoms with Gasteiger partial charge in [-0.3, -0.25) is 4.79 Å². The SMILES string of the molecule is CN(C)CCCNCCC(=O)Nc1ccc(F)c(Cl)c1. The molecule has 0 aromatic heterocycles. The first-order valence-corrected chi connectivity index (χ1v) is 6.97. The highest BCUT2D eigenvalue weighted by Crippen LogP contribution is 2.19. The fraction of sp³-hybridized carbons (Fsp3) is 0.500. The lowest BCUT2D eigenvalue weighted by Gasteiger charge is -2.10. The first-order valence-electron chi connectivity index (χ1n) is 6.59. The van der Waals surface area contributed by atoms with E-state index in [2.05, 4.69) is 15.5 Å². The maximum atomic E-state index is 13.0. The predicted molar refractivity (Wildman–Crippen MR) is 80.7 cm³/mol. The summed E-state index contributed by atoms with van der Waals surface area (Å²) in [5.74, 6) is -0.611. The molecule has 0 spiro atoms. The van der Waals surface area contributed by atoms with Gasteiger partial charge in [-0.15, -0.1) is 0 Å². The van der Waals surface area contributed by atoms with E-state index in [4.69, 9.17) is 11.6 Å². The fourth-order valence-corrected chi connectivity index (χ4v) is 1.83. The molecule has 20 heavy (non-hydrogen) atoms. The normalized spacial score (nSPS) is 10.8. The Morgan fingerprint density at radius 1 is 1.35 bits per heavy atom. The van der Waals surface area contributed by atoms with E-state index in [0.717, 1.165) is 19.5 Å². The molecule has 1 amide bonds. The van der Waals surface area contributed by atoms with Crippen molar-refractivity contribution >= 4 is 23.2 Å². The number of nitrogens with zero attached hydrogens (tertiary/aromatic N) is 1. The van der Waals surface area contributed by atoms with Gasteiger partial charge >= 0.3 is 0 Å². The summed E-state index contributed by atoms with van der Waals surface area (Å²) in [7, 11) is 4.06. The lowest BCUT2D eigenvalue weighted by molar-refractivity contribution is -0.116. The summed E-state index contributed by atoms with van der Waals surface area (Å²) >= 11 is 5.64. The van der Waals surface area contributed by atoms with Crippen LogP contribution >= 0.6 is 11.6 Å². The summed E-state index contributed by atoms with van der Waals surface area (Å²) in [6.07, 6.45) is 1.42. The van der Waals surface area contributed by atoms with Crippen LogP contribution in [0, 0.1) is 5.82 Å². The van der Waals surface area contributed by atoms with Crippen molar-refractivity contribution in [3.8, 4) is 0 Å². The smallest absolute Gasteiger partial charge is 0.225 e. The van der Waals surface area contributed by atoms with Gasteiger partial charge in [-0.25, -0.2) is 4.39 Å². The summed E-state index contributed by atoms with van der Waals surface area (Å²) in [6, 6.07) is 4.13. The zero-order valence-corrected chi connectivity index (χ0v) is 12.6. The van der Waals surface area contributed by atoms with E-state index in [-0.39, 0.29) is 10.9 Å².